The van der Waals surface area contributed by atoms with Crippen LogP contribution in [0, 0.1) is 10.1 Å². The number of hydrogen-bond acceptors (Lipinski definition) is 6. The lowest BCUT2D eigenvalue weighted by atomic mass is 10.3. The molecule has 10 heteroatoms. The molecule has 0 spiro atoms. The Hall–Kier alpha value is -0.710. The van der Waals surface area contributed by atoms with Crippen molar-refractivity contribution >= 4 is 48.3 Å². The first-order valence-corrected chi connectivity index (χ1v) is 6.31. The minimum Gasteiger partial charge on any atom is -0.360 e. The summed E-state index contributed by atoms with van der Waals surface area (Å²) in [5.41, 5.74) is -0.198. The number of benzene rings is 1. The SMILES string of the molecule is O=[N+]([O-])c1ccc(OS(=O)(=O)OBr)c(Br)c1. The molecule has 0 saturated carbocycles. The highest BCUT2D eigenvalue weighted by Gasteiger charge is 2.17. The van der Waals surface area contributed by atoms with Crippen LogP contribution >= 0.6 is 32.2 Å². The van der Waals surface area contributed by atoms with E-state index in [0.717, 1.165) is 18.2 Å². The van der Waals surface area contributed by atoms with E-state index in [4.69, 9.17) is 0 Å². The van der Waals surface area contributed by atoms with Gasteiger partial charge in [0.25, 0.3) is 5.69 Å². The van der Waals surface area contributed by atoms with Crippen LogP contribution in [0.25, 0.3) is 0 Å². The standard InChI is InChI=1S/C6H3Br2NO6S/c7-5-3-4(9(10)11)1-2-6(5)14-16(12,13)15-8/h1-3H. The van der Waals surface area contributed by atoms with Gasteiger partial charge in [-0.2, -0.15) is 11.7 Å². The average molecular weight is 377 g/mol. The number of rotatable bonds is 4. The number of non-ortho nitro benzene ring substituents is 1. The molecular formula is C6H3Br2NO6S. The van der Waals surface area contributed by atoms with Crippen LogP contribution in [0.1, 0.15) is 0 Å². The molecule has 0 radical (unpaired) electrons. The molecule has 1 aromatic rings. The number of nitro benzene ring substituents is 1. The Morgan fingerprint density at radius 2 is 2.00 bits per heavy atom. The molecule has 0 fully saturated rings. The largest absolute Gasteiger partial charge is 0.460 e. The number of nitro groups is 1. The van der Waals surface area contributed by atoms with Gasteiger partial charge < -0.3 is 4.18 Å². The molecule has 1 aromatic carbocycles. The van der Waals surface area contributed by atoms with Crippen molar-refractivity contribution in [1.29, 1.82) is 0 Å². The zero-order valence-electron chi connectivity index (χ0n) is 7.29. The molecule has 0 amide bonds. The Balaban J connectivity index is 3.05. The van der Waals surface area contributed by atoms with Gasteiger partial charge in [0.05, 0.1) is 9.40 Å². The molecule has 0 aliphatic heterocycles. The fourth-order valence-electron chi connectivity index (χ4n) is 0.794. The molecule has 0 aromatic heterocycles. The van der Waals surface area contributed by atoms with Crippen LogP contribution in [0.5, 0.6) is 5.75 Å². The summed E-state index contributed by atoms with van der Waals surface area (Å²) in [7, 11) is -4.21. The summed E-state index contributed by atoms with van der Waals surface area (Å²) in [6, 6.07) is 3.34. The molecule has 88 valence electrons. The molecule has 16 heavy (non-hydrogen) atoms. The lowest BCUT2D eigenvalue weighted by Crippen LogP contribution is -2.08. The van der Waals surface area contributed by atoms with Crippen LogP contribution in [0.2, 0.25) is 0 Å². The summed E-state index contributed by atoms with van der Waals surface area (Å²) in [4.78, 5) is 9.78. The summed E-state index contributed by atoms with van der Waals surface area (Å²) < 4.78 is 30.2. The topological polar surface area (TPSA) is 95.7 Å². The van der Waals surface area contributed by atoms with Crippen LogP contribution in [0.3, 0.4) is 0 Å². The van der Waals surface area contributed by atoms with E-state index in [1.54, 1.807) is 0 Å². The highest BCUT2D eigenvalue weighted by atomic mass is 79.9. The molecule has 7 nitrogen and oxygen atoms in total. The number of nitrogens with zero attached hydrogens (tertiary/aromatic N) is 1. The van der Waals surface area contributed by atoms with Crippen LogP contribution < -0.4 is 4.18 Å². The van der Waals surface area contributed by atoms with Crippen molar-refractivity contribution < 1.29 is 20.8 Å². The van der Waals surface area contributed by atoms with Crippen LogP contribution in [-0.4, -0.2) is 13.3 Å². The molecule has 0 atom stereocenters. The fraction of sp³-hybridized carbons (Fsp3) is 0. The summed E-state index contributed by atoms with van der Waals surface area (Å²) in [5.74, 6) is -0.120. The van der Waals surface area contributed by atoms with E-state index in [-0.39, 0.29) is 15.9 Å². The van der Waals surface area contributed by atoms with E-state index in [1.807, 2.05) is 0 Å². The fourth-order valence-corrected chi connectivity index (χ4v) is 1.90. The molecular weight excluding hydrogens is 374 g/mol. The summed E-state index contributed by atoms with van der Waals surface area (Å²) in [6.07, 6.45) is 0. The van der Waals surface area contributed by atoms with Crippen LogP contribution in [-0.2, 0) is 13.7 Å². The lowest BCUT2D eigenvalue weighted by Gasteiger charge is -2.04. The molecule has 0 unspecified atom stereocenters. The third-order valence-corrected chi connectivity index (χ3v) is 3.52. The second-order valence-corrected chi connectivity index (χ2v) is 5.18. The van der Waals surface area contributed by atoms with Crippen molar-refractivity contribution in [3.8, 4) is 5.75 Å². The minimum absolute atomic E-state index is 0.120. The molecule has 0 saturated heterocycles. The molecule has 1 rings (SSSR count). The Morgan fingerprint density at radius 3 is 2.44 bits per heavy atom. The van der Waals surface area contributed by atoms with Crippen molar-refractivity contribution in [1.82, 2.24) is 0 Å². The smallest absolute Gasteiger partial charge is 0.360 e. The maximum atomic E-state index is 10.9. The maximum absolute atomic E-state index is 10.9. The van der Waals surface area contributed by atoms with Gasteiger partial charge in [0.2, 0.25) is 0 Å². The van der Waals surface area contributed by atoms with Gasteiger partial charge >= 0.3 is 10.4 Å². The summed E-state index contributed by atoms with van der Waals surface area (Å²) in [5, 5.41) is 10.4. The zero-order valence-corrected chi connectivity index (χ0v) is 11.3. The van der Waals surface area contributed by atoms with Gasteiger partial charge in [0.1, 0.15) is 16.3 Å². The van der Waals surface area contributed by atoms with Crippen molar-refractivity contribution in [3.63, 3.8) is 0 Å². The Bertz CT molecular complexity index is 516. The highest BCUT2D eigenvalue weighted by Crippen LogP contribution is 2.30. The van der Waals surface area contributed by atoms with Crippen molar-refractivity contribution in [2.24, 2.45) is 0 Å². The first-order valence-electron chi connectivity index (χ1n) is 3.54. The van der Waals surface area contributed by atoms with E-state index >= 15 is 0 Å². The lowest BCUT2D eigenvalue weighted by molar-refractivity contribution is -0.384. The first kappa shape index (κ1) is 13.4. The van der Waals surface area contributed by atoms with Gasteiger partial charge in [-0.15, -0.1) is 0 Å². The normalized spacial score (nSPS) is 11.1. The van der Waals surface area contributed by atoms with Gasteiger partial charge in [-0.25, -0.2) is 0 Å². The van der Waals surface area contributed by atoms with E-state index in [9.17, 15) is 18.5 Å². The minimum atomic E-state index is -4.21. The van der Waals surface area contributed by atoms with Gasteiger partial charge in [0.15, 0.2) is 5.75 Å². The number of hydrogen-bond donors (Lipinski definition) is 0. The van der Waals surface area contributed by atoms with Gasteiger partial charge in [-0.1, -0.05) is 0 Å². The van der Waals surface area contributed by atoms with E-state index in [2.05, 4.69) is 39.6 Å². The van der Waals surface area contributed by atoms with Gasteiger partial charge in [-0.05, 0) is 22.0 Å². The predicted molar refractivity (Wildman–Crippen MR) is 60.4 cm³/mol. The monoisotopic (exact) mass is 375 g/mol. The van der Waals surface area contributed by atoms with E-state index in [1.165, 1.54) is 0 Å². The molecule has 0 aliphatic rings. The summed E-state index contributed by atoms with van der Waals surface area (Å²) >= 11 is 5.19. The van der Waals surface area contributed by atoms with Crippen LogP contribution in [0.4, 0.5) is 5.69 Å². The molecule has 0 bridgehead atoms. The first-order chi connectivity index (χ1) is 7.35. The Kier molecular flexibility index (Phi) is 4.24. The van der Waals surface area contributed by atoms with E-state index < -0.39 is 15.3 Å². The van der Waals surface area contributed by atoms with Crippen molar-refractivity contribution in [2.75, 3.05) is 0 Å². The molecule has 0 N–H and O–H groups in total. The van der Waals surface area contributed by atoms with Crippen molar-refractivity contribution in [3.05, 3.63) is 32.8 Å². The second kappa shape index (κ2) is 5.08. The van der Waals surface area contributed by atoms with Crippen LogP contribution in [0.15, 0.2) is 22.7 Å². The third-order valence-electron chi connectivity index (χ3n) is 1.40. The Labute approximate surface area is 107 Å². The van der Waals surface area contributed by atoms with Crippen molar-refractivity contribution in [2.45, 2.75) is 0 Å². The Morgan fingerprint density at radius 1 is 1.38 bits per heavy atom. The van der Waals surface area contributed by atoms with E-state index in [0.29, 0.717) is 0 Å². The van der Waals surface area contributed by atoms with Gasteiger partial charge in [0, 0.05) is 12.1 Å². The van der Waals surface area contributed by atoms with Gasteiger partial charge in [-0.3, -0.25) is 10.1 Å². The third kappa shape index (κ3) is 3.40. The molecule has 0 aliphatic carbocycles. The summed E-state index contributed by atoms with van der Waals surface area (Å²) in [6.45, 7) is 0. The molecule has 0 heterocycles. The zero-order chi connectivity index (χ0) is 12.3. The maximum Gasteiger partial charge on any atom is 0.460 e. The average Bonchev–Trinajstić information content (AvgIpc) is 2.20. The second-order valence-electron chi connectivity index (χ2n) is 2.43. The predicted octanol–water partition coefficient (Wildman–Crippen LogP) is 2.31. The number of halogens is 2. The highest BCUT2D eigenvalue weighted by molar-refractivity contribution is 9.10. The quantitative estimate of drug-likeness (QED) is 0.591.